The van der Waals surface area contributed by atoms with E-state index in [-0.39, 0.29) is 24.0 Å². The number of nitrogens with zero attached hydrogens (tertiary/aromatic N) is 5. The van der Waals surface area contributed by atoms with E-state index in [1.165, 1.54) is 22.3 Å². The highest BCUT2D eigenvalue weighted by atomic mass is 32.2. The maximum Gasteiger partial charge on any atom is 0.233 e. The van der Waals surface area contributed by atoms with Gasteiger partial charge >= 0.3 is 0 Å². The van der Waals surface area contributed by atoms with Crippen LogP contribution in [0.1, 0.15) is 31.1 Å². The summed E-state index contributed by atoms with van der Waals surface area (Å²) in [5, 5.41) is 9.03. The Labute approximate surface area is 162 Å². The molecule has 0 atom stereocenters. The van der Waals surface area contributed by atoms with Crippen molar-refractivity contribution < 1.29 is 18.0 Å². The number of hydrogen-bond donors (Lipinski definition) is 1. The Bertz CT molecular complexity index is 812. The molecule has 2 aliphatic rings. The average molecular weight is 417 g/mol. The average Bonchev–Trinajstić information content (AvgIpc) is 3.37. The number of carbonyl (C=O) groups excluding carboxylic acids is 2. The molecule has 12 heteroatoms. The minimum Gasteiger partial charge on any atom is -0.370 e. The van der Waals surface area contributed by atoms with E-state index in [2.05, 4.69) is 10.2 Å². The van der Waals surface area contributed by atoms with Gasteiger partial charge in [-0.3, -0.25) is 9.59 Å². The van der Waals surface area contributed by atoms with Crippen molar-refractivity contribution in [1.82, 2.24) is 24.0 Å². The molecule has 2 N–H and O–H groups in total. The van der Waals surface area contributed by atoms with Crippen molar-refractivity contribution in [1.29, 1.82) is 0 Å². The quantitative estimate of drug-likeness (QED) is 0.550. The second-order valence-corrected chi connectivity index (χ2v) is 9.72. The van der Waals surface area contributed by atoms with E-state index in [9.17, 15) is 18.0 Å². The predicted molar refractivity (Wildman–Crippen MR) is 99.5 cm³/mol. The van der Waals surface area contributed by atoms with Gasteiger partial charge in [0, 0.05) is 45.1 Å². The van der Waals surface area contributed by atoms with Crippen molar-refractivity contribution in [2.24, 2.45) is 5.73 Å². The van der Waals surface area contributed by atoms with Crippen LogP contribution in [0.15, 0.2) is 5.16 Å². The first kappa shape index (κ1) is 20.1. The fraction of sp³-hybridized carbons (Fsp3) is 0.733. The van der Waals surface area contributed by atoms with E-state index in [1.54, 1.807) is 4.90 Å². The van der Waals surface area contributed by atoms with E-state index >= 15 is 0 Å². The number of rotatable bonds is 8. The third kappa shape index (κ3) is 5.20. The fourth-order valence-corrected chi connectivity index (χ4v) is 4.75. The molecule has 0 aromatic carbocycles. The molecule has 2 fully saturated rings. The maximum absolute atomic E-state index is 12.5. The lowest BCUT2D eigenvalue weighted by Gasteiger charge is -2.33. The number of carbonyl (C=O) groups is 2. The van der Waals surface area contributed by atoms with Gasteiger partial charge in [-0.05, 0) is 12.8 Å². The molecule has 0 bridgehead atoms. The highest BCUT2D eigenvalue weighted by Gasteiger charge is 2.31. The van der Waals surface area contributed by atoms with E-state index in [4.69, 9.17) is 5.73 Å². The Morgan fingerprint density at radius 2 is 1.85 bits per heavy atom. The van der Waals surface area contributed by atoms with E-state index in [0.717, 1.165) is 18.7 Å². The Morgan fingerprint density at radius 1 is 1.19 bits per heavy atom. The summed E-state index contributed by atoms with van der Waals surface area (Å²) in [6, 6.07) is 0.332. The number of hydrogen-bond acceptors (Lipinski definition) is 7. The first-order chi connectivity index (χ1) is 12.8. The molecule has 1 aromatic heterocycles. The molecule has 3 rings (SSSR count). The van der Waals surface area contributed by atoms with E-state index in [1.807, 2.05) is 4.57 Å². The molecule has 0 unspecified atom stereocenters. The Hall–Kier alpha value is -1.66. The second-order valence-electron chi connectivity index (χ2n) is 6.80. The van der Waals surface area contributed by atoms with Crippen LogP contribution in [0.3, 0.4) is 0 Å². The molecule has 27 heavy (non-hydrogen) atoms. The summed E-state index contributed by atoms with van der Waals surface area (Å²) < 4.78 is 26.5. The number of aryl methyl sites for hydroxylation is 1. The van der Waals surface area contributed by atoms with Gasteiger partial charge in [0.05, 0.1) is 12.0 Å². The summed E-state index contributed by atoms with van der Waals surface area (Å²) in [6.45, 7) is 1.44. The number of primary amides is 1. The topological polar surface area (TPSA) is 131 Å². The molecule has 10 nitrogen and oxygen atoms in total. The maximum atomic E-state index is 12.5. The van der Waals surface area contributed by atoms with Crippen LogP contribution in [0.2, 0.25) is 0 Å². The molecule has 1 aliphatic carbocycles. The third-order valence-corrected chi connectivity index (χ3v) is 6.86. The zero-order valence-electron chi connectivity index (χ0n) is 15.2. The van der Waals surface area contributed by atoms with Crippen molar-refractivity contribution in [3.05, 3.63) is 5.82 Å². The predicted octanol–water partition coefficient (Wildman–Crippen LogP) is -0.773. The van der Waals surface area contributed by atoms with Crippen LogP contribution in [-0.2, 0) is 26.0 Å². The summed E-state index contributed by atoms with van der Waals surface area (Å²) in [5.74, 6) is 0.530. The minimum absolute atomic E-state index is 0.0443. The van der Waals surface area contributed by atoms with Gasteiger partial charge in [-0.1, -0.05) is 11.8 Å². The Balaban J connectivity index is 1.56. The molecule has 150 valence electrons. The van der Waals surface area contributed by atoms with Gasteiger partial charge in [-0.15, -0.1) is 10.2 Å². The largest absolute Gasteiger partial charge is 0.370 e. The zero-order valence-corrected chi connectivity index (χ0v) is 16.8. The third-order valence-electron chi connectivity index (χ3n) is 4.63. The van der Waals surface area contributed by atoms with Crippen LogP contribution >= 0.6 is 11.8 Å². The van der Waals surface area contributed by atoms with Gasteiger partial charge in [-0.2, -0.15) is 4.31 Å². The molecule has 2 heterocycles. The number of amides is 2. The van der Waals surface area contributed by atoms with Crippen LogP contribution in [0.4, 0.5) is 0 Å². The summed E-state index contributed by atoms with van der Waals surface area (Å²) in [4.78, 5) is 25.2. The van der Waals surface area contributed by atoms with Crippen molar-refractivity contribution in [2.75, 3.05) is 38.2 Å². The number of nitrogens with two attached hydrogens (primary N) is 1. The summed E-state index contributed by atoms with van der Waals surface area (Å²) in [5.41, 5.74) is 5.21. The van der Waals surface area contributed by atoms with Crippen molar-refractivity contribution >= 4 is 33.6 Å². The lowest BCUT2D eigenvalue weighted by atomic mass is 10.3. The van der Waals surface area contributed by atoms with E-state index < -0.39 is 10.0 Å². The normalized spacial score (nSPS) is 18.6. The van der Waals surface area contributed by atoms with Crippen molar-refractivity contribution in [2.45, 2.75) is 36.9 Å². The Kier molecular flexibility index (Phi) is 6.06. The number of thioether (sulfide) groups is 1. The van der Waals surface area contributed by atoms with Crippen LogP contribution < -0.4 is 5.73 Å². The molecule has 1 aliphatic heterocycles. The molecule has 0 radical (unpaired) electrons. The first-order valence-corrected chi connectivity index (χ1v) is 11.7. The monoisotopic (exact) mass is 416 g/mol. The van der Waals surface area contributed by atoms with Crippen molar-refractivity contribution in [3.8, 4) is 0 Å². The number of sulfonamides is 1. The van der Waals surface area contributed by atoms with Gasteiger partial charge < -0.3 is 15.2 Å². The molecule has 0 spiro atoms. The lowest BCUT2D eigenvalue weighted by molar-refractivity contribution is -0.129. The molecule has 1 aromatic rings. The molecular weight excluding hydrogens is 392 g/mol. The zero-order chi connectivity index (χ0) is 19.6. The first-order valence-electron chi connectivity index (χ1n) is 8.83. The summed E-state index contributed by atoms with van der Waals surface area (Å²) >= 11 is 1.33. The van der Waals surface area contributed by atoms with E-state index in [0.29, 0.717) is 43.8 Å². The smallest absolute Gasteiger partial charge is 0.233 e. The SMILES string of the molecule is CS(=O)(=O)N1CCN(C(=O)CSc2nnc(CCC(N)=O)n2C2CC2)CC1. The van der Waals surface area contributed by atoms with Gasteiger partial charge in [0.2, 0.25) is 21.8 Å². The second kappa shape index (κ2) is 8.15. The van der Waals surface area contributed by atoms with Gasteiger partial charge in [0.25, 0.3) is 0 Å². The molecule has 1 saturated heterocycles. The molecule has 2 amide bonds. The number of piperazine rings is 1. The lowest BCUT2D eigenvalue weighted by Crippen LogP contribution is -2.50. The van der Waals surface area contributed by atoms with Crippen LogP contribution in [0, 0.1) is 0 Å². The molecular formula is C15H24N6O4S2. The van der Waals surface area contributed by atoms with Crippen molar-refractivity contribution in [3.63, 3.8) is 0 Å². The van der Waals surface area contributed by atoms with Gasteiger partial charge in [0.15, 0.2) is 5.16 Å². The highest BCUT2D eigenvalue weighted by molar-refractivity contribution is 7.99. The number of aromatic nitrogens is 3. The standard InChI is InChI=1S/C15H24N6O4S2/c1-27(24,25)20-8-6-19(7-9-20)14(23)10-26-15-18-17-13(5-4-12(16)22)21(15)11-2-3-11/h11H,2-10H2,1H3,(H2,16,22). The summed E-state index contributed by atoms with van der Waals surface area (Å²) in [6.07, 6.45) is 3.92. The summed E-state index contributed by atoms with van der Waals surface area (Å²) in [7, 11) is -3.21. The van der Waals surface area contributed by atoms with Gasteiger partial charge in [-0.25, -0.2) is 8.42 Å². The Morgan fingerprint density at radius 3 is 2.41 bits per heavy atom. The van der Waals surface area contributed by atoms with Crippen LogP contribution in [-0.4, -0.2) is 82.4 Å². The highest BCUT2D eigenvalue weighted by Crippen LogP contribution is 2.39. The minimum atomic E-state index is -3.21. The van der Waals surface area contributed by atoms with Gasteiger partial charge in [0.1, 0.15) is 5.82 Å². The molecule has 1 saturated carbocycles. The van der Waals surface area contributed by atoms with Crippen LogP contribution in [0.5, 0.6) is 0 Å². The van der Waals surface area contributed by atoms with Crippen LogP contribution in [0.25, 0.3) is 0 Å². The fourth-order valence-electron chi connectivity index (χ4n) is 3.00.